The summed E-state index contributed by atoms with van der Waals surface area (Å²) < 4.78 is 0. The Bertz CT molecular complexity index is 593. The fourth-order valence-corrected chi connectivity index (χ4v) is 7.38. The van der Waals surface area contributed by atoms with E-state index in [-0.39, 0.29) is 16.6 Å². The van der Waals surface area contributed by atoms with E-state index in [2.05, 4.69) is 24.4 Å². The third kappa shape index (κ3) is 2.73. The Kier molecular flexibility index (Phi) is 4.39. The molecule has 7 atom stereocenters. The van der Waals surface area contributed by atoms with Crippen molar-refractivity contribution >= 4 is 23.0 Å². The van der Waals surface area contributed by atoms with Crippen LogP contribution in [0.15, 0.2) is 5.10 Å². The highest BCUT2D eigenvalue weighted by atomic mass is 32.1. The van der Waals surface area contributed by atoms with E-state index in [1.807, 2.05) is 0 Å². The second-order valence-corrected chi connectivity index (χ2v) is 10.1. The van der Waals surface area contributed by atoms with E-state index in [4.69, 9.17) is 18.0 Å². The number of hydrogen-bond acceptors (Lipinski definition) is 3. The number of fused-ring (bicyclic) bond motifs is 5. The zero-order valence-electron chi connectivity index (χ0n) is 15.6. The van der Waals surface area contributed by atoms with Crippen LogP contribution in [0.2, 0.25) is 0 Å². The van der Waals surface area contributed by atoms with Crippen LogP contribution >= 0.6 is 12.2 Å². The minimum Gasteiger partial charge on any atom is -0.393 e. The van der Waals surface area contributed by atoms with Crippen LogP contribution in [0, 0.1) is 34.5 Å². The Balaban J connectivity index is 1.58. The minimum atomic E-state index is -0.0557. The fourth-order valence-electron chi connectivity index (χ4n) is 7.33. The van der Waals surface area contributed by atoms with Crippen LogP contribution in [0.5, 0.6) is 0 Å². The summed E-state index contributed by atoms with van der Waals surface area (Å²) in [6, 6.07) is 0. The Labute approximate surface area is 157 Å². The molecule has 4 fully saturated rings. The molecule has 4 N–H and O–H groups in total. The molecule has 0 spiro atoms. The Morgan fingerprint density at radius 3 is 2.72 bits per heavy atom. The lowest BCUT2D eigenvalue weighted by atomic mass is 9.45. The van der Waals surface area contributed by atoms with Gasteiger partial charge in [0, 0.05) is 11.1 Å². The summed E-state index contributed by atoms with van der Waals surface area (Å²) in [4.78, 5) is 0. The van der Waals surface area contributed by atoms with Gasteiger partial charge in [0.2, 0.25) is 0 Å². The van der Waals surface area contributed by atoms with Crippen molar-refractivity contribution in [3.63, 3.8) is 0 Å². The van der Waals surface area contributed by atoms with E-state index < -0.39 is 0 Å². The third-order valence-corrected chi connectivity index (χ3v) is 8.77. The highest BCUT2D eigenvalue weighted by Gasteiger charge is 2.59. The molecule has 0 aromatic carbocycles. The number of hydrogen-bond donors (Lipinski definition) is 3. The molecular formula is C20H33N3OS. The summed E-state index contributed by atoms with van der Waals surface area (Å²) >= 11 is 4.93. The molecule has 0 saturated heterocycles. The minimum absolute atomic E-state index is 0.0557. The maximum absolute atomic E-state index is 10.1. The van der Waals surface area contributed by atoms with Gasteiger partial charge in [-0.3, -0.25) is 5.43 Å². The Morgan fingerprint density at radius 2 is 1.96 bits per heavy atom. The van der Waals surface area contributed by atoms with E-state index in [1.165, 1.54) is 44.2 Å². The largest absolute Gasteiger partial charge is 0.393 e. The molecule has 4 unspecified atom stereocenters. The summed E-state index contributed by atoms with van der Waals surface area (Å²) in [7, 11) is 0. The number of nitrogens with zero attached hydrogens (tertiary/aromatic N) is 1. The van der Waals surface area contributed by atoms with Crippen LogP contribution in [0.1, 0.15) is 71.6 Å². The van der Waals surface area contributed by atoms with Gasteiger partial charge in [0.25, 0.3) is 0 Å². The van der Waals surface area contributed by atoms with E-state index >= 15 is 0 Å². The first-order chi connectivity index (χ1) is 11.8. The second-order valence-electron chi connectivity index (χ2n) is 9.61. The molecule has 0 aromatic heterocycles. The van der Waals surface area contributed by atoms with Crippen molar-refractivity contribution in [3.8, 4) is 0 Å². The summed E-state index contributed by atoms with van der Waals surface area (Å²) in [5.41, 5.74) is 10.4. The molecule has 0 amide bonds. The van der Waals surface area contributed by atoms with E-state index in [0.29, 0.717) is 5.41 Å². The number of aliphatic hydroxyl groups excluding tert-OH is 1. The van der Waals surface area contributed by atoms with Crippen LogP contribution in [-0.2, 0) is 0 Å². The molecular weight excluding hydrogens is 330 g/mol. The van der Waals surface area contributed by atoms with Crippen molar-refractivity contribution in [1.29, 1.82) is 0 Å². The fraction of sp³-hybridized carbons (Fsp3) is 0.900. The topological polar surface area (TPSA) is 70.6 Å². The summed E-state index contributed by atoms with van der Waals surface area (Å²) in [6.45, 7) is 4.97. The molecule has 25 heavy (non-hydrogen) atoms. The molecule has 4 aliphatic carbocycles. The van der Waals surface area contributed by atoms with Gasteiger partial charge >= 0.3 is 0 Å². The molecule has 4 rings (SSSR count). The Morgan fingerprint density at radius 1 is 1.16 bits per heavy atom. The van der Waals surface area contributed by atoms with Gasteiger partial charge < -0.3 is 10.8 Å². The van der Waals surface area contributed by atoms with Gasteiger partial charge in [-0.1, -0.05) is 13.8 Å². The van der Waals surface area contributed by atoms with Crippen LogP contribution in [0.4, 0.5) is 0 Å². The average molecular weight is 364 g/mol. The first-order valence-corrected chi connectivity index (χ1v) is 10.6. The van der Waals surface area contributed by atoms with Crippen molar-refractivity contribution < 1.29 is 5.11 Å². The van der Waals surface area contributed by atoms with E-state index in [0.717, 1.165) is 42.9 Å². The van der Waals surface area contributed by atoms with E-state index in [1.54, 1.807) is 0 Å². The molecule has 0 aromatic rings. The monoisotopic (exact) mass is 363 g/mol. The van der Waals surface area contributed by atoms with Crippen molar-refractivity contribution in [1.82, 2.24) is 5.43 Å². The van der Waals surface area contributed by atoms with Crippen LogP contribution in [-0.4, -0.2) is 22.0 Å². The first-order valence-electron chi connectivity index (χ1n) is 10.1. The number of thiocarbonyl (C=S) groups is 1. The highest BCUT2D eigenvalue weighted by Crippen LogP contribution is 2.65. The number of hydrazone groups is 1. The zero-order chi connectivity index (χ0) is 17.8. The summed E-state index contributed by atoms with van der Waals surface area (Å²) in [5.74, 6) is 3.14. The van der Waals surface area contributed by atoms with Crippen LogP contribution in [0.25, 0.3) is 0 Å². The molecule has 5 heteroatoms. The summed E-state index contributed by atoms with van der Waals surface area (Å²) in [6.07, 6.45) is 10.7. The number of nitrogens with one attached hydrogen (secondary N) is 1. The van der Waals surface area contributed by atoms with Crippen molar-refractivity contribution in [2.75, 3.05) is 0 Å². The summed E-state index contributed by atoms with van der Waals surface area (Å²) in [5, 5.41) is 15.0. The third-order valence-electron chi connectivity index (χ3n) is 8.68. The second kappa shape index (κ2) is 6.19. The van der Waals surface area contributed by atoms with Gasteiger partial charge in [0.1, 0.15) is 0 Å². The smallest absolute Gasteiger partial charge is 0.184 e. The molecule has 0 heterocycles. The highest BCUT2D eigenvalue weighted by molar-refractivity contribution is 7.80. The molecule has 4 saturated carbocycles. The maximum Gasteiger partial charge on any atom is 0.184 e. The molecule has 4 aliphatic rings. The molecule has 0 bridgehead atoms. The quantitative estimate of drug-likeness (QED) is 0.492. The predicted octanol–water partition coefficient (Wildman–Crippen LogP) is 3.58. The van der Waals surface area contributed by atoms with Crippen LogP contribution < -0.4 is 11.2 Å². The van der Waals surface area contributed by atoms with Crippen LogP contribution in [0.3, 0.4) is 0 Å². The van der Waals surface area contributed by atoms with E-state index in [9.17, 15) is 5.11 Å². The van der Waals surface area contributed by atoms with Crippen molar-refractivity contribution in [2.45, 2.75) is 77.7 Å². The van der Waals surface area contributed by atoms with Gasteiger partial charge in [0.05, 0.1) is 6.10 Å². The lowest BCUT2D eigenvalue weighted by Gasteiger charge is -2.60. The van der Waals surface area contributed by atoms with Gasteiger partial charge in [0.15, 0.2) is 5.11 Å². The maximum atomic E-state index is 10.1. The number of aliphatic hydroxyl groups is 1. The number of rotatable bonds is 1. The lowest BCUT2D eigenvalue weighted by Crippen LogP contribution is -2.54. The van der Waals surface area contributed by atoms with Crippen molar-refractivity contribution in [3.05, 3.63) is 0 Å². The average Bonchev–Trinajstić information content (AvgIpc) is 2.90. The SMILES string of the molecule is C[C@]12CCC3C(CC[C@H]4CC(O)CC[C@]34C)C1CCC2=NNC(N)=S. The molecule has 0 aliphatic heterocycles. The molecule has 4 nitrogen and oxygen atoms in total. The predicted molar refractivity (Wildman–Crippen MR) is 105 cm³/mol. The lowest BCUT2D eigenvalue weighted by molar-refractivity contribution is -0.113. The first kappa shape index (κ1) is 17.7. The van der Waals surface area contributed by atoms with Gasteiger partial charge in [-0.05, 0) is 99.1 Å². The number of nitrogens with two attached hydrogens (primary N) is 1. The van der Waals surface area contributed by atoms with Gasteiger partial charge in [-0.25, -0.2) is 0 Å². The molecule has 0 radical (unpaired) electrons. The standard InChI is InChI=1S/C20H33N3OS/c1-19-9-7-13(24)11-12(19)3-4-14-15-5-6-17(22-23-18(21)25)20(15,2)10-8-16(14)19/h12-16,24H,3-11H2,1-2H3,(H3,21,23,25)/t12-,13?,14?,15?,16?,19-,20-/m0/s1. The zero-order valence-corrected chi connectivity index (χ0v) is 16.4. The van der Waals surface area contributed by atoms with Gasteiger partial charge in [-0.15, -0.1) is 0 Å². The van der Waals surface area contributed by atoms with Gasteiger partial charge in [-0.2, -0.15) is 5.10 Å². The molecule has 140 valence electrons. The normalized spacial score (nSPS) is 50.7. The Hall–Kier alpha value is -0.680. The van der Waals surface area contributed by atoms with Crippen molar-refractivity contribution in [2.24, 2.45) is 45.3 Å².